The van der Waals surface area contributed by atoms with Crippen molar-refractivity contribution in [3.05, 3.63) is 68.6 Å². The van der Waals surface area contributed by atoms with Gasteiger partial charge in [0.1, 0.15) is 0 Å². The van der Waals surface area contributed by atoms with E-state index < -0.39 is 0 Å². The summed E-state index contributed by atoms with van der Waals surface area (Å²) in [5.41, 5.74) is 2.52. The first-order chi connectivity index (χ1) is 8.97. The van der Waals surface area contributed by atoms with Gasteiger partial charge in [-0.2, -0.15) is 0 Å². The van der Waals surface area contributed by atoms with Crippen molar-refractivity contribution in [2.75, 3.05) is 0 Å². The first kappa shape index (κ1) is 14.8. The third-order valence-electron chi connectivity index (χ3n) is 3.21. The summed E-state index contributed by atoms with van der Waals surface area (Å²) in [5, 5.41) is 3.60. The summed E-state index contributed by atoms with van der Waals surface area (Å²) in [6.45, 7) is 5.26. The second kappa shape index (κ2) is 6.21. The van der Waals surface area contributed by atoms with E-state index in [1.165, 1.54) is 11.1 Å². The van der Waals surface area contributed by atoms with Gasteiger partial charge in [-0.1, -0.05) is 56.1 Å². The molecule has 19 heavy (non-hydrogen) atoms. The van der Waals surface area contributed by atoms with Crippen LogP contribution in [0.5, 0.6) is 0 Å². The van der Waals surface area contributed by atoms with E-state index in [-0.39, 0.29) is 5.54 Å². The van der Waals surface area contributed by atoms with Gasteiger partial charge in [0.25, 0.3) is 0 Å². The molecule has 0 unspecified atom stereocenters. The van der Waals surface area contributed by atoms with E-state index in [1.807, 2.05) is 0 Å². The Morgan fingerprint density at radius 1 is 0.842 bits per heavy atom. The largest absolute Gasteiger partial charge is 0.304 e. The lowest BCUT2D eigenvalue weighted by Crippen LogP contribution is -2.35. The summed E-state index contributed by atoms with van der Waals surface area (Å²) in [6.07, 6.45) is 0. The molecule has 3 heteroatoms. The third-order valence-corrected chi connectivity index (χ3v) is 4.27. The van der Waals surface area contributed by atoms with Gasteiger partial charge in [0.15, 0.2) is 0 Å². The van der Waals surface area contributed by atoms with Crippen LogP contribution < -0.4 is 5.32 Å². The smallest absolute Gasteiger partial charge is 0.0380 e. The molecule has 0 aliphatic heterocycles. The quantitative estimate of drug-likeness (QED) is 0.762. The lowest BCUT2D eigenvalue weighted by Gasteiger charge is -2.27. The average Bonchev–Trinajstić information content (AvgIpc) is 2.39. The van der Waals surface area contributed by atoms with E-state index in [0.717, 1.165) is 15.5 Å². The molecule has 0 aromatic heterocycles. The van der Waals surface area contributed by atoms with Crippen LogP contribution in [-0.4, -0.2) is 0 Å². The molecule has 0 atom stereocenters. The molecule has 2 aromatic rings. The highest BCUT2D eigenvalue weighted by atomic mass is 79.9. The van der Waals surface area contributed by atoms with Gasteiger partial charge in [-0.15, -0.1) is 0 Å². The molecule has 2 aromatic carbocycles. The normalized spacial score (nSPS) is 11.6. The predicted molar refractivity (Wildman–Crippen MR) is 88.1 cm³/mol. The van der Waals surface area contributed by atoms with Crippen LogP contribution in [0.25, 0.3) is 0 Å². The second-order valence-corrected chi connectivity index (χ2v) is 6.94. The summed E-state index contributed by atoms with van der Waals surface area (Å²) >= 11 is 6.92. The van der Waals surface area contributed by atoms with Crippen LogP contribution in [0.4, 0.5) is 0 Å². The Bertz CT molecular complexity index is 530. The van der Waals surface area contributed by atoms with Crippen LogP contribution in [0.2, 0.25) is 0 Å². The molecule has 0 radical (unpaired) electrons. The molecule has 100 valence electrons. The summed E-state index contributed by atoms with van der Waals surface area (Å²) in [5.74, 6) is 0. The van der Waals surface area contributed by atoms with E-state index >= 15 is 0 Å². The number of hydrogen-bond acceptors (Lipinski definition) is 1. The maximum Gasteiger partial charge on any atom is 0.0380 e. The molecule has 0 amide bonds. The van der Waals surface area contributed by atoms with Crippen molar-refractivity contribution in [3.63, 3.8) is 0 Å². The van der Waals surface area contributed by atoms with Gasteiger partial charge in [0.2, 0.25) is 0 Å². The van der Waals surface area contributed by atoms with Crippen molar-refractivity contribution >= 4 is 31.9 Å². The maximum atomic E-state index is 3.60. The second-order valence-electron chi connectivity index (χ2n) is 5.11. The van der Waals surface area contributed by atoms with Crippen LogP contribution in [0.15, 0.2) is 57.5 Å². The monoisotopic (exact) mass is 381 g/mol. The molecule has 1 nitrogen and oxygen atoms in total. The van der Waals surface area contributed by atoms with Gasteiger partial charge in [-0.05, 0) is 49.2 Å². The molecule has 1 N–H and O–H groups in total. The number of nitrogens with one attached hydrogen (secondary N) is 1. The Balaban J connectivity index is 2.04. The molecule has 0 heterocycles. The van der Waals surface area contributed by atoms with Crippen molar-refractivity contribution in [2.24, 2.45) is 0 Å². The minimum Gasteiger partial charge on any atom is -0.304 e. The first-order valence-electron chi connectivity index (χ1n) is 6.23. The van der Waals surface area contributed by atoms with Crippen molar-refractivity contribution in [1.29, 1.82) is 0 Å². The molecule has 0 aliphatic rings. The van der Waals surface area contributed by atoms with E-state index in [2.05, 4.69) is 99.6 Å². The highest BCUT2D eigenvalue weighted by Crippen LogP contribution is 2.22. The molecule has 0 saturated heterocycles. The zero-order valence-corrected chi connectivity index (χ0v) is 14.3. The maximum absolute atomic E-state index is 3.60. The van der Waals surface area contributed by atoms with E-state index in [9.17, 15) is 0 Å². The van der Waals surface area contributed by atoms with Crippen LogP contribution in [-0.2, 0) is 12.1 Å². The van der Waals surface area contributed by atoms with Crippen molar-refractivity contribution < 1.29 is 0 Å². The molecule has 0 bridgehead atoms. The first-order valence-corrected chi connectivity index (χ1v) is 7.81. The summed E-state index contributed by atoms with van der Waals surface area (Å²) in [7, 11) is 0. The summed E-state index contributed by atoms with van der Waals surface area (Å²) < 4.78 is 2.23. The number of rotatable bonds is 4. The predicted octanol–water partition coefficient (Wildman–Crippen LogP) is 5.24. The standard InChI is InChI=1S/C16H17Br2N/c1-16(2,13-5-9-15(18)10-6-13)19-11-12-3-7-14(17)8-4-12/h3-10,19H,11H2,1-2H3. The molecule has 2 rings (SSSR count). The number of benzene rings is 2. The van der Waals surface area contributed by atoms with Crippen LogP contribution in [0, 0.1) is 0 Å². The Hall–Kier alpha value is -0.640. The number of halogens is 2. The van der Waals surface area contributed by atoms with Crippen molar-refractivity contribution in [1.82, 2.24) is 5.32 Å². The molecule has 0 fully saturated rings. The summed E-state index contributed by atoms with van der Waals surface area (Å²) in [4.78, 5) is 0. The Morgan fingerprint density at radius 3 is 1.84 bits per heavy atom. The zero-order chi connectivity index (χ0) is 13.9. The fourth-order valence-electron chi connectivity index (χ4n) is 1.89. The summed E-state index contributed by atoms with van der Waals surface area (Å²) in [6, 6.07) is 16.9. The zero-order valence-electron chi connectivity index (χ0n) is 11.1. The fourth-order valence-corrected chi connectivity index (χ4v) is 2.42. The Kier molecular flexibility index (Phi) is 4.82. The minimum absolute atomic E-state index is 0.0478. The highest BCUT2D eigenvalue weighted by Gasteiger charge is 2.19. The van der Waals surface area contributed by atoms with Gasteiger partial charge in [-0.3, -0.25) is 0 Å². The fraction of sp³-hybridized carbons (Fsp3) is 0.250. The van der Waals surface area contributed by atoms with Crippen molar-refractivity contribution in [2.45, 2.75) is 25.9 Å². The molecular weight excluding hydrogens is 366 g/mol. The van der Waals surface area contributed by atoms with E-state index in [4.69, 9.17) is 0 Å². The van der Waals surface area contributed by atoms with Gasteiger partial charge in [-0.25, -0.2) is 0 Å². The topological polar surface area (TPSA) is 12.0 Å². The molecule has 0 spiro atoms. The minimum atomic E-state index is -0.0478. The molecular formula is C16H17Br2N. The van der Waals surface area contributed by atoms with Crippen LogP contribution >= 0.6 is 31.9 Å². The van der Waals surface area contributed by atoms with Gasteiger partial charge in [0.05, 0.1) is 0 Å². The van der Waals surface area contributed by atoms with Crippen LogP contribution in [0.1, 0.15) is 25.0 Å². The van der Waals surface area contributed by atoms with Crippen LogP contribution in [0.3, 0.4) is 0 Å². The average molecular weight is 383 g/mol. The van der Waals surface area contributed by atoms with Gasteiger partial charge >= 0.3 is 0 Å². The van der Waals surface area contributed by atoms with Gasteiger partial charge in [0, 0.05) is 21.0 Å². The molecule has 0 saturated carbocycles. The molecule has 0 aliphatic carbocycles. The van der Waals surface area contributed by atoms with Crippen molar-refractivity contribution in [3.8, 4) is 0 Å². The lowest BCUT2D eigenvalue weighted by atomic mass is 9.94. The number of hydrogen-bond donors (Lipinski definition) is 1. The third kappa shape index (κ3) is 4.16. The Labute approximate surface area is 131 Å². The lowest BCUT2D eigenvalue weighted by molar-refractivity contribution is 0.401. The van der Waals surface area contributed by atoms with E-state index in [0.29, 0.717) is 0 Å². The van der Waals surface area contributed by atoms with Gasteiger partial charge < -0.3 is 5.32 Å². The Morgan fingerprint density at radius 2 is 1.32 bits per heavy atom. The SMILES string of the molecule is CC(C)(NCc1ccc(Br)cc1)c1ccc(Br)cc1. The highest BCUT2D eigenvalue weighted by molar-refractivity contribution is 9.10. The van der Waals surface area contributed by atoms with E-state index in [1.54, 1.807) is 0 Å².